The maximum absolute atomic E-state index is 10.3. The van der Waals surface area contributed by atoms with Gasteiger partial charge in [-0.05, 0) is 85.2 Å². The highest BCUT2D eigenvalue weighted by atomic mass is 35.5. The molecule has 0 amide bonds. The first-order valence-corrected chi connectivity index (χ1v) is 13.0. The number of alkyl halides is 2. The number of allylic oxidation sites excluding steroid dienone is 4. The molecule has 170 valence electrons. The zero-order valence-electron chi connectivity index (χ0n) is 19.5. The van der Waals surface area contributed by atoms with Crippen LogP contribution in [0.25, 0.3) is 0 Å². The minimum atomic E-state index is -1.24. The molecule has 0 radical (unpaired) electrons. The summed E-state index contributed by atoms with van der Waals surface area (Å²) in [4.78, 5) is 0. The van der Waals surface area contributed by atoms with Gasteiger partial charge in [0, 0.05) is 0 Å². The summed E-state index contributed by atoms with van der Waals surface area (Å²) in [6, 6.07) is 0. The summed E-state index contributed by atoms with van der Waals surface area (Å²) in [5.74, 6) is 3.12. The molecule has 0 saturated heterocycles. The van der Waals surface area contributed by atoms with Crippen molar-refractivity contribution in [1.29, 1.82) is 0 Å². The van der Waals surface area contributed by atoms with Gasteiger partial charge in [-0.1, -0.05) is 94.5 Å². The summed E-state index contributed by atoms with van der Waals surface area (Å²) in [6.07, 6.45) is 15.5. The Morgan fingerprint density at radius 2 is 1.83 bits per heavy atom. The number of aliphatic hydroxyl groups excluding tert-OH is 1. The molecule has 0 aromatic rings. The van der Waals surface area contributed by atoms with E-state index >= 15 is 0 Å². The summed E-state index contributed by atoms with van der Waals surface area (Å²) in [5.41, 5.74) is 3.75. The Balaban J connectivity index is 1.77. The molecule has 5 atom stereocenters. The van der Waals surface area contributed by atoms with Crippen LogP contribution in [0, 0.1) is 29.1 Å². The molecule has 3 aliphatic rings. The Hall–Kier alpha value is -0.240. The van der Waals surface area contributed by atoms with Crippen molar-refractivity contribution in [1.82, 2.24) is 0 Å². The van der Waals surface area contributed by atoms with E-state index in [1.165, 1.54) is 51.4 Å². The number of rotatable bonds is 6. The van der Waals surface area contributed by atoms with Crippen LogP contribution in [0.15, 0.2) is 35.5 Å². The number of aliphatic hydroxyl groups is 1. The molecule has 0 heterocycles. The van der Waals surface area contributed by atoms with Gasteiger partial charge in [-0.15, -0.1) is 0 Å². The van der Waals surface area contributed by atoms with Gasteiger partial charge in [0.2, 0.25) is 0 Å². The smallest absolute Gasteiger partial charge is 0.169 e. The van der Waals surface area contributed by atoms with Gasteiger partial charge in [-0.3, -0.25) is 0 Å². The SMILES string of the molecule is C=C1CC[C@H](O)C(Cl)(Cl)/C1=C/C=C1CCC[C@@]2(C)C1CC[C@@H]2[C@H](C)CCCC(C)C. The average Bonchev–Trinajstić information content (AvgIpc) is 3.02. The fraction of sp³-hybridized carbons (Fsp3) is 0.778. The first kappa shape index (κ1) is 24.4. The van der Waals surface area contributed by atoms with Crippen molar-refractivity contribution in [3.8, 4) is 0 Å². The maximum Gasteiger partial charge on any atom is 0.169 e. The van der Waals surface area contributed by atoms with Gasteiger partial charge >= 0.3 is 0 Å². The molecule has 3 rings (SSSR count). The second-order valence-electron chi connectivity index (χ2n) is 11.0. The lowest BCUT2D eigenvalue weighted by molar-refractivity contribution is 0.0928. The Kier molecular flexibility index (Phi) is 7.90. The summed E-state index contributed by atoms with van der Waals surface area (Å²) in [6.45, 7) is 13.9. The number of hydrogen-bond donors (Lipinski definition) is 1. The molecule has 1 N–H and O–H groups in total. The molecular formula is C27H42Cl2O. The van der Waals surface area contributed by atoms with Crippen molar-refractivity contribution < 1.29 is 5.11 Å². The number of halogens is 2. The van der Waals surface area contributed by atoms with Crippen molar-refractivity contribution in [2.24, 2.45) is 29.1 Å². The summed E-state index contributed by atoms with van der Waals surface area (Å²) >= 11 is 13.1. The molecule has 30 heavy (non-hydrogen) atoms. The first-order valence-electron chi connectivity index (χ1n) is 12.2. The normalized spacial score (nSPS) is 37.7. The van der Waals surface area contributed by atoms with E-state index in [1.54, 1.807) is 5.57 Å². The highest BCUT2D eigenvalue weighted by Crippen LogP contribution is 2.60. The Morgan fingerprint density at radius 3 is 2.53 bits per heavy atom. The summed E-state index contributed by atoms with van der Waals surface area (Å²) < 4.78 is -1.24. The van der Waals surface area contributed by atoms with Gasteiger partial charge in [-0.25, -0.2) is 0 Å². The minimum absolute atomic E-state index is 0.419. The monoisotopic (exact) mass is 452 g/mol. The lowest BCUT2D eigenvalue weighted by atomic mass is 9.60. The highest BCUT2D eigenvalue weighted by molar-refractivity contribution is 6.51. The quantitative estimate of drug-likeness (QED) is 0.400. The number of fused-ring (bicyclic) bond motifs is 1. The van der Waals surface area contributed by atoms with E-state index < -0.39 is 10.4 Å². The summed E-state index contributed by atoms with van der Waals surface area (Å²) in [7, 11) is 0. The fourth-order valence-corrected chi connectivity index (χ4v) is 7.34. The molecule has 0 aromatic heterocycles. The van der Waals surface area contributed by atoms with E-state index in [0.717, 1.165) is 35.3 Å². The van der Waals surface area contributed by atoms with Gasteiger partial charge < -0.3 is 5.11 Å². The molecular weight excluding hydrogens is 411 g/mol. The van der Waals surface area contributed by atoms with Crippen molar-refractivity contribution in [2.75, 3.05) is 0 Å². The largest absolute Gasteiger partial charge is 0.390 e. The van der Waals surface area contributed by atoms with Gasteiger partial charge in [-0.2, -0.15) is 0 Å². The van der Waals surface area contributed by atoms with Crippen LogP contribution in [-0.4, -0.2) is 15.5 Å². The lowest BCUT2D eigenvalue weighted by Crippen LogP contribution is -2.37. The van der Waals surface area contributed by atoms with E-state index in [1.807, 2.05) is 0 Å². The molecule has 0 spiro atoms. The van der Waals surface area contributed by atoms with E-state index in [9.17, 15) is 5.11 Å². The molecule has 0 aliphatic heterocycles. The van der Waals surface area contributed by atoms with E-state index in [-0.39, 0.29) is 0 Å². The van der Waals surface area contributed by atoms with E-state index in [2.05, 4.69) is 46.4 Å². The zero-order valence-corrected chi connectivity index (χ0v) is 21.0. The summed E-state index contributed by atoms with van der Waals surface area (Å²) in [5, 5.41) is 10.3. The van der Waals surface area contributed by atoms with Crippen molar-refractivity contribution in [2.45, 2.75) is 102 Å². The van der Waals surface area contributed by atoms with Gasteiger partial charge in [0.1, 0.15) is 0 Å². The number of hydrogen-bond acceptors (Lipinski definition) is 1. The molecule has 3 heteroatoms. The van der Waals surface area contributed by atoms with Crippen molar-refractivity contribution in [3.63, 3.8) is 0 Å². The standard InChI is InChI=1S/C27H42Cl2O/c1-18(2)8-6-9-19(3)22-14-15-24-21(10-7-17-26(22,24)5)12-13-23-20(4)11-16-25(30)27(23,28)29/h12-13,18-19,22,24-25,30H,4,6-11,14-17H2,1-3,5H3/b21-12?,23-13+/t19-,22-,24?,25+,26-/m1/s1. The maximum atomic E-state index is 10.3. The second-order valence-corrected chi connectivity index (χ2v) is 12.4. The Bertz CT molecular complexity index is 689. The van der Waals surface area contributed by atoms with Crippen LogP contribution in [-0.2, 0) is 0 Å². The lowest BCUT2D eigenvalue weighted by Gasteiger charge is -2.44. The third-order valence-electron chi connectivity index (χ3n) is 8.51. The second kappa shape index (κ2) is 9.72. The Labute approximate surface area is 195 Å². The van der Waals surface area contributed by atoms with Crippen molar-refractivity contribution in [3.05, 3.63) is 35.5 Å². The van der Waals surface area contributed by atoms with Gasteiger partial charge in [0.15, 0.2) is 4.33 Å². The minimum Gasteiger partial charge on any atom is -0.390 e. The van der Waals surface area contributed by atoms with Crippen LogP contribution in [0.1, 0.15) is 91.9 Å². The van der Waals surface area contributed by atoms with E-state index in [0.29, 0.717) is 17.8 Å². The Morgan fingerprint density at radius 1 is 1.10 bits per heavy atom. The fourth-order valence-electron chi connectivity index (χ4n) is 6.72. The van der Waals surface area contributed by atoms with Crippen LogP contribution in [0.5, 0.6) is 0 Å². The highest BCUT2D eigenvalue weighted by Gasteiger charge is 2.50. The molecule has 3 saturated carbocycles. The van der Waals surface area contributed by atoms with Gasteiger partial charge in [0.05, 0.1) is 6.10 Å². The molecule has 3 aliphatic carbocycles. The molecule has 0 bridgehead atoms. The van der Waals surface area contributed by atoms with E-state index in [4.69, 9.17) is 23.2 Å². The molecule has 1 unspecified atom stereocenters. The van der Waals surface area contributed by atoms with Crippen LogP contribution in [0.2, 0.25) is 0 Å². The third-order valence-corrected chi connectivity index (χ3v) is 9.42. The van der Waals surface area contributed by atoms with Crippen LogP contribution >= 0.6 is 23.2 Å². The van der Waals surface area contributed by atoms with Gasteiger partial charge in [0.25, 0.3) is 0 Å². The molecule has 0 aromatic carbocycles. The predicted molar refractivity (Wildman–Crippen MR) is 131 cm³/mol. The third kappa shape index (κ3) is 4.89. The van der Waals surface area contributed by atoms with Crippen LogP contribution in [0.3, 0.4) is 0 Å². The first-order chi connectivity index (χ1) is 14.1. The van der Waals surface area contributed by atoms with Crippen molar-refractivity contribution >= 4 is 23.2 Å². The van der Waals surface area contributed by atoms with Crippen LogP contribution < -0.4 is 0 Å². The predicted octanol–water partition coefficient (Wildman–Crippen LogP) is 8.40. The molecule has 3 fully saturated rings. The average molecular weight is 454 g/mol. The zero-order chi connectivity index (χ0) is 22.1. The van der Waals surface area contributed by atoms with Crippen LogP contribution in [0.4, 0.5) is 0 Å². The topological polar surface area (TPSA) is 20.2 Å². The molecule has 1 nitrogen and oxygen atoms in total.